The van der Waals surface area contributed by atoms with Gasteiger partial charge in [0.1, 0.15) is 11.5 Å². The maximum absolute atomic E-state index is 8.87. The van der Waals surface area contributed by atoms with Crippen LogP contribution in [0.2, 0.25) is 0 Å². The van der Waals surface area contributed by atoms with E-state index in [2.05, 4.69) is 11.4 Å². The van der Waals surface area contributed by atoms with Crippen molar-refractivity contribution in [2.45, 2.75) is 19.9 Å². The maximum atomic E-state index is 8.87. The van der Waals surface area contributed by atoms with Crippen molar-refractivity contribution in [3.63, 3.8) is 0 Å². The van der Waals surface area contributed by atoms with Gasteiger partial charge in [0.25, 0.3) is 0 Å². The van der Waals surface area contributed by atoms with E-state index in [9.17, 15) is 0 Å². The number of nitrogens with zero attached hydrogens (tertiary/aromatic N) is 1. The van der Waals surface area contributed by atoms with Crippen molar-refractivity contribution >= 4 is 0 Å². The molecule has 1 atom stereocenters. The van der Waals surface area contributed by atoms with E-state index in [1.807, 2.05) is 25.1 Å². The Kier molecular flexibility index (Phi) is 6.03. The molecular weight excluding hydrogens is 228 g/mol. The molecule has 0 aliphatic rings. The molecule has 98 valence electrons. The zero-order valence-electron chi connectivity index (χ0n) is 11.2. The molecule has 0 heterocycles. The van der Waals surface area contributed by atoms with E-state index in [0.29, 0.717) is 13.1 Å². The number of nitriles is 1. The smallest absolute Gasteiger partial charge is 0.123 e. The predicted octanol–water partition coefficient (Wildman–Crippen LogP) is 2.34. The molecule has 4 nitrogen and oxygen atoms in total. The molecule has 18 heavy (non-hydrogen) atoms. The number of ether oxygens (including phenoxy) is 2. The average Bonchev–Trinajstić information content (AvgIpc) is 2.43. The Morgan fingerprint density at radius 1 is 1.33 bits per heavy atom. The van der Waals surface area contributed by atoms with Crippen LogP contribution in [0.5, 0.6) is 11.5 Å². The predicted molar refractivity (Wildman–Crippen MR) is 70.6 cm³/mol. The summed E-state index contributed by atoms with van der Waals surface area (Å²) < 4.78 is 10.5. The van der Waals surface area contributed by atoms with Crippen molar-refractivity contribution in [3.05, 3.63) is 23.8 Å². The lowest BCUT2D eigenvalue weighted by molar-refractivity contribution is 0.396. The molecule has 4 heteroatoms. The molecule has 0 fully saturated rings. The molecule has 0 aliphatic carbocycles. The molecule has 0 amide bonds. The quantitative estimate of drug-likeness (QED) is 0.804. The Morgan fingerprint density at radius 2 is 2.11 bits per heavy atom. The third kappa shape index (κ3) is 3.94. The summed E-state index contributed by atoms with van der Waals surface area (Å²) >= 11 is 0. The summed E-state index contributed by atoms with van der Waals surface area (Å²) in [6.07, 6.45) is 0.860. The van der Waals surface area contributed by atoms with Crippen LogP contribution >= 0.6 is 0 Å². The first-order valence-corrected chi connectivity index (χ1v) is 6.06. The highest BCUT2D eigenvalue weighted by Crippen LogP contribution is 2.23. The van der Waals surface area contributed by atoms with Crippen molar-refractivity contribution in [2.24, 2.45) is 5.92 Å². The van der Waals surface area contributed by atoms with Crippen molar-refractivity contribution in [3.8, 4) is 17.6 Å². The standard InChI is InChI=1S/C14H20N2O2/c1-4-11(8-15)9-16-10-12-7-13(17-2)5-6-14(12)18-3/h5-7,11,16H,4,9-10H2,1-3H3. The number of methoxy groups -OCH3 is 2. The Bertz CT molecular complexity index is 413. The molecule has 0 bridgehead atoms. The van der Waals surface area contributed by atoms with Gasteiger partial charge in [-0.1, -0.05) is 6.92 Å². The van der Waals surface area contributed by atoms with Crippen LogP contribution in [0.15, 0.2) is 18.2 Å². The summed E-state index contributed by atoms with van der Waals surface area (Å²) in [5.74, 6) is 1.69. The van der Waals surface area contributed by atoms with Gasteiger partial charge in [-0.2, -0.15) is 5.26 Å². The Balaban J connectivity index is 2.62. The van der Waals surface area contributed by atoms with Gasteiger partial charge in [0.05, 0.1) is 26.2 Å². The van der Waals surface area contributed by atoms with Crippen molar-refractivity contribution in [2.75, 3.05) is 20.8 Å². The summed E-state index contributed by atoms with van der Waals surface area (Å²) in [5, 5.41) is 12.1. The largest absolute Gasteiger partial charge is 0.497 e. The van der Waals surface area contributed by atoms with E-state index in [-0.39, 0.29) is 5.92 Å². The summed E-state index contributed by atoms with van der Waals surface area (Å²) in [6, 6.07) is 7.97. The van der Waals surface area contributed by atoms with E-state index in [1.165, 1.54) is 0 Å². The fourth-order valence-electron chi connectivity index (χ4n) is 1.68. The SMILES string of the molecule is CCC(C#N)CNCc1cc(OC)ccc1OC. The van der Waals surface area contributed by atoms with E-state index in [4.69, 9.17) is 14.7 Å². The Hall–Kier alpha value is -1.73. The molecular formula is C14H20N2O2. The average molecular weight is 248 g/mol. The van der Waals surface area contributed by atoms with Crippen LogP contribution in [0.3, 0.4) is 0 Å². The van der Waals surface area contributed by atoms with Crippen LogP contribution in [-0.4, -0.2) is 20.8 Å². The van der Waals surface area contributed by atoms with Gasteiger partial charge >= 0.3 is 0 Å². The first kappa shape index (κ1) is 14.3. The van der Waals surface area contributed by atoms with Crippen LogP contribution in [0, 0.1) is 17.2 Å². The molecule has 0 saturated carbocycles. The van der Waals surface area contributed by atoms with Gasteiger partial charge in [-0.15, -0.1) is 0 Å². The van der Waals surface area contributed by atoms with Gasteiger partial charge in [-0.25, -0.2) is 0 Å². The molecule has 1 aromatic carbocycles. The van der Waals surface area contributed by atoms with Gasteiger partial charge in [-0.05, 0) is 24.6 Å². The lowest BCUT2D eigenvalue weighted by atomic mass is 10.1. The summed E-state index contributed by atoms with van der Waals surface area (Å²) in [7, 11) is 3.29. The minimum absolute atomic E-state index is 0.0570. The number of hydrogen-bond donors (Lipinski definition) is 1. The zero-order valence-corrected chi connectivity index (χ0v) is 11.2. The molecule has 0 spiro atoms. The molecule has 0 aromatic heterocycles. The second-order valence-corrected chi connectivity index (χ2v) is 4.04. The van der Waals surface area contributed by atoms with E-state index in [0.717, 1.165) is 23.5 Å². The van der Waals surface area contributed by atoms with Gasteiger partial charge < -0.3 is 14.8 Å². The van der Waals surface area contributed by atoms with Crippen LogP contribution in [-0.2, 0) is 6.54 Å². The molecule has 0 radical (unpaired) electrons. The summed E-state index contributed by atoms with van der Waals surface area (Å²) in [5.41, 5.74) is 1.03. The summed E-state index contributed by atoms with van der Waals surface area (Å²) in [4.78, 5) is 0. The minimum Gasteiger partial charge on any atom is -0.497 e. The van der Waals surface area contributed by atoms with Crippen molar-refractivity contribution in [1.82, 2.24) is 5.32 Å². The van der Waals surface area contributed by atoms with Crippen LogP contribution in [0.25, 0.3) is 0 Å². The molecule has 1 unspecified atom stereocenters. The topological polar surface area (TPSA) is 54.3 Å². The fourth-order valence-corrected chi connectivity index (χ4v) is 1.68. The molecule has 0 aliphatic heterocycles. The first-order valence-electron chi connectivity index (χ1n) is 6.06. The first-order chi connectivity index (χ1) is 8.74. The second kappa shape index (κ2) is 7.57. The molecule has 1 rings (SSSR count). The van der Waals surface area contributed by atoms with Gasteiger partial charge in [0.15, 0.2) is 0 Å². The highest BCUT2D eigenvalue weighted by Gasteiger charge is 2.07. The van der Waals surface area contributed by atoms with Gasteiger partial charge in [-0.3, -0.25) is 0 Å². The number of benzene rings is 1. The monoisotopic (exact) mass is 248 g/mol. The van der Waals surface area contributed by atoms with Crippen molar-refractivity contribution < 1.29 is 9.47 Å². The highest BCUT2D eigenvalue weighted by molar-refractivity contribution is 5.40. The van der Waals surface area contributed by atoms with Crippen LogP contribution < -0.4 is 14.8 Å². The lowest BCUT2D eigenvalue weighted by Crippen LogP contribution is -2.21. The van der Waals surface area contributed by atoms with Crippen molar-refractivity contribution in [1.29, 1.82) is 5.26 Å². The van der Waals surface area contributed by atoms with Gasteiger partial charge in [0.2, 0.25) is 0 Å². The lowest BCUT2D eigenvalue weighted by Gasteiger charge is -2.12. The summed E-state index contributed by atoms with van der Waals surface area (Å²) in [6.45, 7) is 3.37. The number of nitrogens with one attached hydrogen (secondary N) is 1. The normalized spacial score (nSPS) is 11.7. The van der Waals surface area contributed by atoms with E-state index in [1.54, 1.807) is 14.2 Å². The van der Waals surface area contributed by atoms with E-state index >= 15 is 0 Å². The zero-order chi connectivity index (χ0) is 13.4. The minimum atomic E-state index is 0.0570. The molecule has 1 aromatic rings. The molecule has 0 saturated heterocycles. The number of hydrogen-bond acceptors (Lipinski definition) is 4. The van der Waals surface area contributed by atoms with Crippen LogP contribution in [0.4, 0.5) is 0 Å². The van der Waals surface area contributed by atoms with Crippen LogP contribution in [0.1, 0.15) is 18.9 Å². The fraction of sp³-hybridized carbons (Fsp3) is 0.500. The maximum Gasteiger partial charge on any atom is 0.123 e. The van der Waals surface area contributed by atoms with Gasteiger partial charge in [0, 0.05) is 18.7 Å². The Labute approximate surface area is 109 Å². The van der Waals surface area contributed by atoms with E-state index < -0.39 is 0 Å². The third-order valence-corrected chi connectivity index (χ3v) is 2.87. The highest BCUT2D eigenvalue weighted by atomic mass is 16.5. The third-order valence-electron chi connectivity index (χ3n) is 2.87. The number of rotatable bonds is 7. The Morgan fingerprint density at radius 3 is 2.67 bits per heavy atom. The molecule has 1 N–H and O–H groups in total. The second-order valence-electron chi connectivity index (χ2n) is 4.04.